The fourth-order valence-electron chi connectivity index (χ4n) is 4.43. The van der Waals surface area contributed by atoms with Crippen LogP contribution in [-0.4, -0.2) is 81.1 Å². The van der Waals surface area contributed by atoms with E-state index in [9.17, 15) is 4.79 Å². The second kappa shape index (κ2) is 12.2. The first-order chi connectivity index (χ1) is 15.7. The van der Waals surface area contributed by atoms with Gasteiger partial charge in [-0.3, -0.25) is 9.79 Å². The van der Waals surface area contributed by atoms with Crippen LogP contribution in [-0.2, 0) is 9.53 Å². The van der Waals surface area contributed by atoms with Crippen molar-refractivity contribution in [2.45, 2.75) is 13.0 Å². The van der Waals surface area contributed by atoms with Crippen LogP contribution in [0.3, 0.4) is 0 Å². The summed E-state index contributed by atoms with van der Waals surface area (Å²) in [6, 6.07) is 18.7. The average molecular weight is 563 g/mol. The van der Waals surface area contributed by atoms with Crippen LogP contribution in [0, 0.1) is 6.92 Å². The van der Waals surface area contributed by atoms with E-state index in [0.717, 1.165) is 38.7 Å². The molecule has 2 aliphatic heterocycles. The predicted molar refractivity (Wildman–Crippen MR) is 143 cm³/mol. The van der Waals surface area contributed by atoms with Crippen LogP contribution in [0.2, 0.25) is 0 Å². The zero-order valence-electron chi connectivity index (χ0n) is 19.4. The number of hydrogen-bond acceptors (Lipinski definition) is 4. The van der Waals surface area contributed by atoms with Crippen LogP contribution in [0.4, 0.5) is 5.69 Å². The minimum atomic E-state index is 0. The van der Waals surface area contributed by atoms with Crippen LogP contribution in [0.5, 0.6) is 0 Å². The lowest BCUT2D eigenvalue weighted by atomic mass is 10.0. The van der Waals surface area contributed by atoms with Crippen LogP contribution in [0.15, 0.2) is 59.6 Å². The van der Waals surface area contributed by atoms with Crippen LogP contribution in [0.25, 0.3) is 0 Å². The third-order valence-corrected chi connectivity index (χ3v) is 6.26. The second-order valence-electron chi connectivity index (χ2n) is 8.27. The Labute approximate surface area is 213 Å². The van der Waals surface area contributed by atoms with Gasteiger partial charge in [-0.25, -0.2) is 0 Å². The monoisotopic (exact) mass is 563 g/mol. The van der Waals surface area contributed by atoms with Crippen LogP contribution in [0.1, 0.15) is 17.2 Å². The highest BCUT2D eigenvalue weighted by Crippen LogP contribution is 2.25. The van der Waals surface area contributed by atoms with Gasteiger partial charge in [0, 0.05) is 45.5 Å². The van der Waals surface area contributed by atoms with E-state index in [0.29, 0.717) is 13.2 Å². The van der Waals surface area contributed by atoms with Gasteiger partial charge in [0.05, 0.1) is 19.7 Å². The molecular weight excluding hydrogens is 529 g/mol. The third kappa shape index (κ3) is 6.38. The maximum atomic E-state index is 12.8. The molecule has 1 atom stereocenters. The molecule has 2 heterocycles. The second-order valence-corrected chi connectivity index (χ2v) is 8.27. The van der Waals surface area contributed by atoms with Gasteiger partial charge >= 0.3 is 0 Å². The number of hydrogen-bond donors (Lipinski definition) is 1. The Balaban J connectivity index is 0.00000306. The van der Waals surface area contributed by atoms with Gasteiger partial charge in [-0.2, -0.15) is 0 Å². The first-order valence-corrected chi connectivity index (χ1v) is 11.4. The summed E-state index contributed by atoms with van der Waals surface area (Å²) in [5.41, 5.74) is 3.65. The predicted octanol–water partition coefficient (Wildman–Crippen LogP) is 2.91. The summed E-state index contributed by atoms with van der Waals surface area (Å²) in [5.74, 6) is 0.866. The number of para-hydroxylation sites is 1. The van der Waals surface area contributed by atoms with Gasteiger partial charge in [-0.05, 0) is 30.2 Å². The van der Waals surface area contributed by atoms with Crippen molar-refractivity contribution in [1.82, 2.24) is 15.1 Å². The van der Waals surface area contributed by atoms with Crippen LogP contribution < -0.4 is 10.2 Å². The SMILES string of the molecule is CN=C(NCC(=O)N1CCN(c2ccccc2)CC1)N1CCOC(c2ccccc2C)C1.I. The number of guanidine groups is 1. The molecule has 1 N–H and O–H groups in total. The number of amides is 1. The Bertz CT molecular complexity index is 931. The molecule has 2 aromatic rings. The minimum Gasteiger partial charge on any atom is -0.370 e. The highest BCUT2D eigenvalue weighted by atomic mass is 127. The van der Waals surface area contributed by atoms with Gasteiger partial charge < -0.3 is 24.8 Å². The molecule has 178 valence electrons. The average Bonchev–Trinajstić information content (AvgIpc) is 2.85. The molecule has 0 radical (unpaired) electrons. The summed E-state index contributed by atoms with van der Waals surface area (Å²) in [7, 11) is 1.77. The smallest absolute Gasteiger partial charge is 0.242 e. The Morgan fingerprint density at radius 1 is 1.00 bits per heavy atom. The number of nitrogens with zero attached hydrogens (tertiary/aromatic N) is 4. The topological polar surface area (TPSA) is 60.4 Å². The molecule has 4 rings (SSSR count). The zero-order valence-corrected chi connectivity index (χ0v) is 21.8. The molecule has 0 bridgehead atoms. The van der Waals surface area contributed by atoms with Crippen molar-refractivity contribution in [2.24, 2.45) is 4.99 Å². The number of ether oxygens (including phenoxy) is 1. The lowest BCUT2D eigenvalue weighted by Crippen LogP contribution is -2.53. The lowest BCUT2D eigenvalue weighted by molar-refractivity contribution is -0.130. The quantitative estimate of drug-likeness (QED) is 0.353. The number of morpholine rings is 1. The van der Waals surface area contributed by atoms with Gasteiger partial charge in [0.1, 0.15) is 6.10 Å². The van der Waals surface area contributed by atoms with E-state index in [4.69, 9.17) is 4.74 Å². The maximum Gasteiger partial charge on any atom is 0.242 e. The number of carbonyl (C=O) groups is 1. The van der Waals surface area contributed by atoms with E-state index in [1.807, 2.05) is 23.1 Å². The van der Waals surface area contributed by atoms with Gasteiger partial charge in [-0.1, -0.05) is 42.5 Å². The number of halogens is 1. The molecule has 8 heteroatoms. The summed E-state index contributed by atoms with van der Waals surface area (Å²) < 4.78 is 6.03. The van der Waals surface area contributed by atoms with E-state index in [1.54, 1.807) is 7.05 Å². The van der Waals surface area contributed by atoms with Crippen molar-refractivity contribution in [2.75, 3.05) is 64.4 Å². The lowest BCUT2D eigenvalue weighted by Gasteiger charge is -2.37. The summed E-state index contributed by atoms with van der Waals surface area (Å²) in [4.78, 5) is 23.7. The van der Waals surface area contributed by atoms with Crippen molar-refractivity contribution in [1.29, 1.82) is 0 Å². The number of benzene rings is 2. The number of piperazine rings is 1. The molecule has 2 saturated heterocycles. The molecule has 1 unspecified atom stereocenters. The molecular formula is C25H34IN5O2. The van der Waals surface area contributed by atoms with Crippen LogP contribution >= 0.6 is 24.0 Å². The van der Waals surface area contributed by atoms with Gasteiger partial charge in [0.25, 0.3) is 0 Å². The number of aliphatic imine (C=N–C) groups is 1. The molecule has 2 aromatic carbocycles. The van der Waals surface area contributed by atoms with Crippen molar-refractivity contribution in [3.05, 3.63) is 65.7 Å². The normalized spacial score (nSPS) is 19.2. The highest BCUT2D eigenvalue weighted by molar-refractivity contribution is 14.0. The summed E-state index contributed by atoms with van der Waals surface area (Å²) in [5, 5.41) is 3.28. The van der Waals surface area contributed by atoms with E-state index >= 15 is 0 Å². The standard InChI is InChI=1S/C25H33N5O2.HI/c1-20-8-6-7-11-22(20)23-19-30(16-17-32-23)25(26-2)27-18-24(31)29-14-12-28(13-15-29)21-9-4-3-5-10-21;/h3-11,23H,12-19H2,1-2H3,(H,26,27);1H. The first-order valence-electron chi connectivity index (χ1n) is 11.4. The molecule has 0 saturated carbocycles. The Hall–Kier alpha value is -2.33. The molecule has 0 spiro atoms. The fraction of sp³-hybridized carbons (Fsp3) is 0.440. The summed E-state index contributed by atoms with van der Waals surface area (Å²) >= 11 is 0. The summed E-state index contributed by atoms with van der Waals surface area (Å²) in [6.07, 6.45) is 0.00488. The molecule has 1 amide bonds. The van der Waals surface area contributed by atoms with Gasteiger partial charge in [0.2, 0.25) is 5.91 Å². The minimum absolute atomic E-state index is 0. The van der Waals surface area contributed by atoms with Gasteiger partial charge in [0.15, 0.2) is 5.96 Å². The highest BCUT2D eigenvalue weighted by Gasteiger charge is 2.26. The number of aryl methyl sites for hydroxylation is 1. The Kier molecular flexibility index (Phi) is 9.37. The van der Waals surface area contributed by atoms with Crippen molar-refractivity contribution < 1.29 is 9.53 Å². The molecule has 2 aliphatic rings. The van der Waals surface area contributed by atoms with Gasteiger partial charge in [-0.15, -0.1) is 24.0 Å². The largest absolute Gasteiger partial charge is 0.370 e. The third-order valence-electron chi connectivity index (χ3n) is 6.26. The Morgan fingerprint density at radius 3 is 2.39 bits per heavy atom. The first kappa shape index (κ1) is 25.3. The zero-order chi connectivity index (χ0) is 22.3. The van der Waals surface area contributed by atoms with Crippen molar-refractivity contribution in [3.63, 3.8) is 0 Å². The van der Waals surface area contributed by atoms with E-state index in [2.05, 4.69) is 63.4 Å². The molecule has 0 aliphatic carbocycles. The van der Waals surface area contributed by atoms with E-state index in [-0.39, 0.29) is 42.5 Å². The Morgan fingerprint density at radius 2 is 1.70 bits per heavy atom. The van der Waals surface area contributed by atoms with E-state index in [1.165, 1.54) is 16.8 Å². The fourth-order valence-corrected chi connectivity index (χ4v) is 4.43. The number of rotatable bonds is 4. The molecule has 2 fully saturated rings. The van der Waals surface area contributed by atoms with Crippen molar-refractivity contribution >= 4 is 41.5 Å². The number of anilines is 1. The molecule has 33 heavy (non-hydrogen) atoms. The number of carbonyl (C=O) groups excluding carboxylic acids is 1. The molecule has 0 aromatic heterocycles. The molecule has 7 nitrogen and oxygen atoms in total. The number of nitrogens with one attached hydrogen (secondary N) is 1. The summed E-state index contributed by atoms with van der Waals surface area (Å²) in [6.45, 7) is 7.65. The maximum absolute atomic E-state index is 12.8. The van der Waals surface area contributed by atoms with E-state index < -0.39 is 0 Å². The van der Waals surface area contributed by atoms with Crippen molar-refractivity contribution in [3.8, 4) is 0 Å².